The van der Waals surface area contributed by atoms with Crippen LogP contribution in [0.2, 0.25) is 0 Å². The Morgan fingerprint density at radius 2 is 1.72 bits per heavy atom. The highest BCUT2D eigenvalue weighted by Crippen LogP contribution is 2.21. The van der Waals surface area contributed by atoms with E-state index in [1.165, 1.54) is 12.1 Å². The van der Waals surface area contributed by atoms with Crippen LogP contribution in [0, 0.1) is 11.3 Å². The zero-order chi connectivity index (χ0) is 22.6. The number of anilines is 2. The molecule has 1 amide bonds. The average molecular weight is 448 g/mol. The van der Waals surface area contributed by atoms with E-state index in [1.807, 2.05) is 4.90 Å². The van der Waals surface area contributed by atoms with Gasteiger partial charge in [0, 0.05) is 43.6 Å². The van der Waals surface area contributed by atoms with Gasteiger partial charge >= 0.3 is 0 Å². The number of nitrogens with zero attached hydrogens (tertiary/aromatic N) is 4. The highest BCUT2D eigenvalue weighted by atomic mass is 32.2. The van der Waals surface area contributed by atoms with E-state index in [2.05, 4.69) is 15.8 Å². The third-order valence-corrected chi connectivity index (χ3v) is 6.59. The molecule has 0 radical (unpaired) electrons. The first-order valence-corrected chi connectivity index (χ1v) is 11.5. The summed E-state index contributed by atoms with van der Waals surface area (Å²) in [6.07, 6.45) is 1.65. The van der Waals surface area contributed by atoms with E-state index in [-0.39, 0.29) is 10.8 Å². The molecule has 1 fully saturated rings. The fourth-order valence-electron chi connectivity index (χ4n) is 3.57. The van der Waals surface area contributed by atoms with E-state index in [0.717, 1.165) is 0 Å². The second-order valence-corrected chi connectivity index (χ2v) is 8.95. The lowest BCUT2D eigenvalue weighted by Crippen LogP contribution is -2.49. The Bertz CT molecular complexity index is 1260. The topological polar surface area (TPSA) is 106 Å². The number of carbonyl (C=O) groups excluding carboxylic acids is 1. The van der Waals surface area contributed by atoms with Gasteiger partial charge in [0.25, 0.3) is 15.9 Å². The maximum absolute atomic E-state index is 13.0. The molecule has 0 saturated carbocycles. The Balaban J connectivity index is 1.44. The molecule has 3 aromatic rings. The molecule has 0 atom stereocenters. The van der Waals surface area contributed by atoms with Gasteiger partial charge in [-0.3, -0.25) is 9.52 Å². The molecule has 1 saturated heterocycles. The van der Waals surface area contributed by atoms with Crippen LogP contribution in [-0.4, -0.2) is 50.4 Å². The summed E-state index contributed by atoms with van der Waals surface area (Å²) in [5.41, 5.74) is 1.23. The van der Waals surface area contributed by atoms with Gasteiger partial charge in [-0.15, -0.1) is 0 Å². The lowest BCUT2D eigenvalue weighted by molar-refractivity contribution is 0.0746. The van der Waals surface area contributed by atoms with Crippen LogP contribution in [0.15, 0.2) is 77.8 Å². The number of rotatable bonds is 5. The highest BCUT2D eigenvalue weighted by molar-refractivity contribution is 7.92. The summed E-state index contributed by atoms with van der Waals surface area (Å²) < 4.78 is 27.7. The number of sulfonamides is 1. The van der Waals surface area contributed by atoms with Crippen molar-refractivity contribution in [1.29, 1.82) is 5.26 Å². The third kappa shape index (κ3) is 4.55. The monoisotopic (exact) mass is 447 g/mol. The van der Waals surface area contributed by atoms with Crippen molar-refractivity contribution in [1.82, 2.24) is 9.88 Å². The van der Waals surface area contributed by atoms with Crippen molar-refractivity contribution in [2.75, 3.05) is 35.8 Å². The molecule has 1 aliphatic rings. The first-order valence-electron chi connectivity index (χ1n) is 10.1. The SMILES string of the molecule is N#Cc1cccnc1N1CCN(C(=O)c2cccc(NS(=O)(=O)c3ccccc3)c2)CC1. The van der Waals surface area contributed by atoms with E-state index >= 15 is 0 Å². The third-order valence-electron chi connectivity index (χ3n) is 5.19. The van der Waals surface area contributed by atoms with Crippen LogP contribution in [0.4, 0.5) is 11.5 Å². The number of hydrogen-bond acceptors (Lipinski definition) is 6. The fraction of sp³-hybridized carbons (Fsp3) is 0.174. The molecular weight excluding hydrogens is 426 g/mol. The van der Waals surface area contributed by atoms with Crippen LogP contribution in [0.25, 0.3) is 0 Å². The average Bonchev–Trinajstić information content (AvgIpc) is 2.84. The molecule has 0 aliphatic carbocycles. The molecule has 162 valence electrons. The summed E-state index contributed by atoms with van der Waals surface area (Å²) >= 11 is 0. The minimum Gasteiger partial charge on any atom is -0.352 e. The molecule has 8 nitrogen and oxygen atoms in total. The maximum atomic E-state index is 13.0. The molecule has 2 aromatic carbocycles. The maximum Gasteiger partial charge on any atom is 0.261 e. The highest BCUT2D eigenvalue weighted by Gasteiger charge is 2.24. The Morgan fingerprint density at radius 1 is 0.969 bits per heavy atom. The first-order chi connectivity index (χ1) is 15.5. The van der Waals surface area contributed by atoms with Crippen LogP contribution < -0.4 is 9.62 Å². The van der Waals surface area contributed by atoms with E-state index < -0.39 is 10.0 Å². The Morgan fingerprint density at radius 3 is 2.44 bits per heavy atom. The Kier molecular flexibility index (Phi) is 6.05. The predicted molar refractivity (Wildman–Crippen MR) is 121 cm³/mol. The van der Waals surface area contributed by atoms with Crippen molar-refractivity contribution in [2.24, 2.45) is 0 Å². The minimum atomic E-state index is -3.74. The molecule has 2 heterocycles. The lowest BCUT2D eigenvalue weighted by Gasteiger charge is -2.35. The van der Waals surface area contributed by atoms with Crippen LogP contribution >= 0.6 is 0 Å². The molecule has 9 heteroatoms. The van der Waals surface area contributed by atoms with Gasteiger partial charge in [-0.25, -0.2) is 13.4 Å². The van der Waals surface area contributed by atoms with Gasteiger partial charge in [0.05, 0.1) is 10.5 Å². The summed E-state index contributed by atoms with van der Waals surface area (Å²) in [5, 5.41) is 9.29. The molecule has 0 unspecified atom stereocenters. The molecule has 1 N–H and O–H groups in total. The van der Waals surface area contributed by atoms with Crippen molar-refractivity contribution < 1.29 is 13.2 Å². The zero-order valence-corrected chi connectivity index (χ0v) is 18.0. The van der Waals surface area contributed by atoms with Crippen molar-refractivity contribution in [3.8, 4) is 6.07 Å². The smallest absolute Gasteiger partial charge is 0.261 e. The van der Waals surface area contributed by atoms with Crippen LogP contribution in [0.5, 0.6) is 0 Å². The first kappa shape index (κ1) is 21.3. The Labute approximate surface area is 186 Å². The van der Waals surface area contributed by atoms with Gasteiger partial charge < -0.3 is 9.80 Å². The van der Waals surface area contributed by atoms with E-state index in [9.17, 15) is 18.5 Å². The van der Waals surface area contributed by atoms with Gasteiger partial charge in [-0.1, -0.05) is 24.3 Å². The van der Waals surface area contributed by atoms with E-state index in [1.54, 1.807) is 65.7 Å². The molecule has 1 aliphatic heterocycles. The molecule has 0 bridgehead atoms. The normalized spacial score (nSPS) is 14.0. The van der Waals surface area contributed by atoms with Crippen molar-refractivity contribution in [3.05, 3.63) is 84.1 Å². The fourth-order valence-corrected chi connectivity index (χ4v) is 4.64. The molecule has 32 heavy (non-hydrogen) atoms. The van der Waals surface area contributed by atoms with Crippen LogP contribution in [0.3, 0.4) is 0 Å². The summed E-state index contributed by atoms with van der Waals surface area (Å²) in [5.74, 6) is 0.450. The number of amides is 1. The predicted octanol–water partition coefficient (Wildman–Crippen LogP) is 2.72. The lowest BCUT2D eigenvalue weighted by atomic mass is 10.1. The van der Waals surface area contributed by atoms with Gasteiger partial charge in [-0.2, -0.15) is 5.26 Å². The number of carbonyl (C=O) groups is 1. The molecule has 4 rings (SSSR count). The van der Waals surface area contributed by atoms with Crippen LogP contribution in [0.1, 0.15) is 15.9 Å². The number of pyridine rings is 1. The van der Waals surface area contributed by atoms with E-state index in [0.29, 0.717) is 48.8 Å². The number of benzene rings is 2. The van der Waals surface area contributed by atoms with Gasteiger partial charge in [0.15, 0.2) is 0 Å². The number of piperazine rings is 1. The van der Waals surface area contributed by atoms with Gasteiger partial charge in [0.1, 0.15) is 11.9 Å². The van der Waals surface area contributed by atoms with Gasteiger partial charge in [-0.05, 0) is 42.5 Å². The number of nitrogens with one attached hydrogen (secondary N) is 1. The largest absolute Gasteiger partial charge is 0.352 e. The summed E-state index contributed by atoms with van der Waals surface area (Å²) in [6, 6.07) is 20.1. The molecule has 0 spiro atoms. The summed E-state index contributed by atoms with van der Waals surface area (Å²) in [6.45, 7) is 2.05. The van der Waals surface area contributed by atoms with Crippen molar-refractivity contribution >= 4 is 27.4 Å². The summed E-state index contributed by atoms with van der Waals surface area (Å²) in [7, 11) is -3.74. The standard InChI is InChI=1S/C23H21N5O3S/c24-17-19-7-5-11-25-22(19)27-12-14-28(15-13-27)23(29)18-6-4-8-20(16-18)26-32(30,31)21-9-2-1-3-10-21/h1-11,16,26H,12-15H2. The summed E-state index contributed by atoms with van der Waals surface area (Å²) in [4.78, 5) is 21.2. The zero-order valence-electron chi connectivity index (χ0n) is 17.2. The second-order valence-electron chi connectivity index (χ2n) is 7.26. The number of nitriles is 1. The van der Waals surface area contributed by atoms with Crippen molar-refractivity contribution in [3.63, 3.8) is 0 Å². The quantitative estimate of drug-likeness (QED) is 0.645. The molecule has 1 aromatic heterocycles. The van der Waals surface area contributed by atoms with Crippen molar-refractivity contribution in [2.45, 2.75) is 4.90 Å². The Hall–Kier alpha value is -3.90. The molecular formula is C23H21N5O3S. The van der Waals surface area contributed by atoms with E-state index in [4.69, 9.17) is 0 Å². The van der Waals surface area contributed by atoms with Gasteiger partial charge in [0.2, 0.25) is 0 Å². The van der Waals surface area contributed by atoms with Crippen LogP contribution in [-0.2, 0) is 10.0 Å². The number of aromatic nitrogens is 1. The number of hydrogen-bond donors (Lipinski definition) is 1. The minimum absolute atomic E-state index is 0.152. The second kappa shape index (κ2) is 9.08.